The minimum atomic E-state index is -2.26. The van der Waals surface area contributed by atoms with E-state index in [1.54, 1.807) is 6.08 Å². The van der Waals surface area contributed by atoms with Gasteiger partial charge >= 0.3 is 6.03 Å². The molecule has 158 valence electrons. The van der Waals surface area contributed by atoms with E-state index < -0.39 is 16.8 Å². The van der Waals surface area contributed by atoms with Gasteiger partial charge in [-0.05, 0) is 78.5 Å². The number of anilines is 2. The second kappa shape index (κ2) is 9.45. The Bertz CT molecular complexity index is 1030. The van der Waals surface area contributed by atoms with Crippen LogP contribution in [-0.2, 0) is 43.0 Å². The van der Waals surface area contributed by atoms with E-state index in [2.05, 4.69) is 32.4 Å². The van der Waals surface area contributed by atoms with E-state index in [0.717, 1.165) is 49.8 Å². The van der Waals surface area contributed by atoms with Crippen molar-refractivity contribution in [3.63, 3.8) is 0 Å². The van der Waals surface area contributed by atoms with Crippen LogP contribution in [0.2, 0.25) is 0 Å². The third-order valence-electron chi connectivity index (χ3n) is 5.66. The monoisotopic (exact) mass is 424 g/mol. The Balaban J connectivity index is 1.45. The number of amides is 2. The fourth-order valence-corrected chi connectivity index (χ4v) is 5.01. The smallest absolute Gasteiger partial charge is 0.309 e. The van der Waals surface area contributed by atoms with Gasteiger partial charge in [-0.15, -0.1) is 10.9 Å². The van der Waals surface area contributed by atoms with Crippen LogP contribution in [-0.4, -0.2) is 16.8 Å². The Kier molecular flexibility index (Phi) is 6.50. The summed E-state index contributed by atoms with van der Waals surface area (Å²) in [4.78, 5) is 12.5. The summed E-state index contributed by atoms with van der Waals surface area (Å²) in [6.45, 7) is 5.08. The zero-order chi connectivity index (χ0) is 20.9. The number of carbonyl (C=O) groups is 1. The second-order valence-electron chi connectivity index (χ2n) is 7.77. The van der Waals surface area contributed by atoms with Gasteiger partial charge in [-0.2, -0.15) is 0 Å². The minimum Gasteiger partial charge on any atom is -0.309 e. The van der Waals surface area contributed by atoms with Gasteiger partial charge in [-0.1, -0.05) is 24.3 Å². The summed E-state index contributed by atoms with van der Waals surface area (Å²) in [5.74, 6) is 0. The van der Waals surface area contributed by atoms with Gasteiger partial charge < -0.3 is 15.4 Å². The fourth-order valence-electron chi connectivity index (χ4n) is 4.39. The molecule has 1 unspecified atom stereocenters. The predicted molar refractivity (Wildman–Crippen MR) is 123 cm³/mol. The Morgan fingerprint density at radius 2 is 1.83 bits per heavy atom. The van der Waals surface area contributed by atoms with Gasteiger partial charge in [0.1, 0.15) is 10.8 Å². The molecule has 2 aromatic carbocycles. The van der Waals surface area contributed by atoms with Crippen molar-refractivity contribution in [1.82, 2.24) is 5.32 Å². The molecule has 0 fully saturated rings. The van der Waals surface area contributed by atoms with E-state index in [4.69, 9.17) is 0 Å². The second-order valence-corrected chi connectivity index (χ2v) is 8.74. The molecule has 7 heteroatoms. The van der Waals surface area contributed by atoms with E-state index in [9.17, 15) is 9.00 Å². The molecule has 2 amide bonds. The highest BCUT2D eigenvalue weighted by Crippen LogP contribution is 2.38. The van der Waals surface area contributed by atoms with Crippen LogP contribution in [0.4, 0.5) is 16.2 Å². The van der Waals surface area contributed by atoms with Crippen molar-refractivity contribution in [2.24, 2.45) is 4.36 Å². The molecule has 0 spiro atoms. The molecule has 0 radical (unpaired) electrons. The third kappa shape index (κ3) is 4.74. The van der Waals surface area contributed by atoms with Crippen molar-refractivity contribution in [2.45, 2.75) is 45.1 Å². The quantitative estimate of drug-likeness (QED) is 0.306. The number of hydrogen-bond acceptors (Lipinski definition) is 3. The topological polar surface area (TPSA) is 82.6 Å². The molecule has 2 aromatic rings. The molecular weight excluding hydrogens is 396 g/mol. The predicted octanol–water partition coefficient (Wildman–Crippen LogP) is 4.16. The molecule has 0 saturated heterocycles. The molecule has 6 nitrogen and oxygen atoms in total. The molecule has 0 aromatic heterocycles. The maximum atomic E-state index is 12.5. The zero-order valence-corrected chi connectivity index (χ0v) is 17.9. The highest BCUT2D eigenvalue weighted by molar-refractivity contribution is 7.76. The first kappa shape index (κ1) is 20.6. The van der Waals surface area contributed by atoms with Crippen LogP contribution in [0, 0.1) is 0 Å². The van der Waals surface area contributed by atoms with Gasteiger partial charge in [0, 0.05) is 24.5 Å². The van der Waals surface area contributed by atoms with Crippen molar-refractivity contribution < 1.29 is 9.00 Å². The van der Waals surface area contributed by atoms with Crippen molar-refractivity contribution in [1.29, 1.82) is 0 Å². The van der Waals surface area contributed by atoms with E-state index in [1.165, 1.54) is 22.3 Å². The fraction of sp³-hybridized carbons (Fsp3) is 0.348. The van der Waals surface area contributed by atoms with E-state index in [1.807, 2.05) is 24.3 Å². The average Bonchev–Trinajstić information content (AvgIpc) is 3.37. The maximum absolute atomic E-state index is 12.5. The molecule has 2 aliphatic carbocycles. The lowest BCUT2D eigenvalue weighted by Gasteiger charge is -2.14. The summed E-state index contributed by atoms with van der Waals surface area (Å²) in [6, 6.07) is 9.34. The third-order valence-corrected chi connectivity index (χ3v) is 6.47. The molecule has 4 rings (SSSR count). The van der Waals surface area contributed by atoms with Crippen LogP contribution < -0.4 is 15.4 Å². The lowest BCUT2D eigenvalue weighted by molar-refractivity contribution is 0.260. The summed E-state index contributed by atoms with van der Waals surface area (Å²) in [6.07, 6.45) is 8.13. The van der Waals surface area contributed by atoms with Gasteiger partial charge in [0.2, 0.25) is 0 Å². The first-order chi connectivity index (χ1) is 14.6. The zero-order valence-electron chi connectivity index (χ0n) is 17.0. The lowest BCUT2D eigenvalue weighted by Crippen LogP contribution is -2.13. The van der Waals surface area contributed by atoms with E-state index in [0.29, 0.717) is 18.8 Å². The summed E-state index contributed by atoms with van der Waals surface area (Å²) < 4.78 is 19.1. The molecule has 3 N–H and O–H groups in total. The van der Waals surface area contributed by atoms with Crippen LogP contribution in [0.15, 0.2) is 47.3 Å². The highest BCUT2D eigenvalue weighted by Gasteiger charge is 2.24. The van der Waals surface area contributed by atoms with Gasteiger partial charge in [0.15, 0.2) is 0 Å². The number of carbonyl (C=O) groups excluding carboxylic acids is 1. The Morgan fingerprint density at radius 3 is 2.53 bits per heavy atom. The van der Waals surface area contributed by atoms with Crippen LogP contribution in [0.25, 0.3) is 0 Å². The number of rotatable bonds is 7. The molecule has 0 heterocycles. The number of nitrogens with one attached hydrogen (secondary N) is 3. The first-order valence-corrected chi connectivity index (χ1v) is 11.7. The van der Waals surface area contributed by atoms with Crippen LogP contribution in [0.3, 0.4) is 0 Å². The van der Waals surface area contributed by atoms with Crippen molar-refractivity contribution in [3.8, 4) is 0 Å². The van der Waals surface area contributed by atoms with Crippen LogP contribution in [0.5, 0.6) is 0 Å². The SMILES string of the molecule is C=CCNCc1cccc(N/[SH](=O)=N\C(=O)Nc2c3c(cc4c2CCC4)CCC3)c1. The Morgan fingerprint density at radius 1 is 1.10 bits per heavy atom. The summed E-state index contributed by atoms with van der Waals surface area (Å²) in [5.41, 5.74) is 7.80. The van der Waals surface area contributed by atoms with Gasteiger partial charge in [-0.25, -0.2) is 9.00 Å². The van der Waals surface area contributed by atoms with Gasteiger partial charge in [-0.3, -0.25) is 0 Å². The van der Waals surface area contributed by atoms with Gasteiger partial charge in [0.05, 0.1) is 0 Å². The van der Waals surface area contributed by atoms with Crippen molar-refractivity contribution >= 4 is 28.2 Å². The molecule has 2 aliphatic rings. The van der Waals surface area contributed by atoms with Gasteiger partial charge in [0.25, 0.3) is 0 Å². The standard InChI is InChI=1S/C23H28N4O2S/c1-2-12-24-15-16-6-3-9-19(13-16)26-30(29)27-23(28)25-22-20-10-4-7-17(20)14-18-8-5-11-21(18)22/h2-3,6,9,13-14,24,30H,1,4-5,7-8,10-12,15H2,(H2,25,26,27,28,29). The number of fused-ring (bicyclic) bond motifs is 2. The average molecular weight is 425 g/mol. The molecule has 30 heavy (non-hydrogen) atoms. The maximum Gasteiger partial charge on any atom is 0.354 e. The normalized spacial score (nSPS) is 15.5. The molecule has 0 aliphatic heterocycles. The lowest BCUT2D eigenvalue weighted by atomic mass is 9.99. The number of thiol groups is 1. The van der Waals surface area contributed by atoms with E-state index in [-0.39, 0.29) is 0 Å². The summed E-state index contributed by atoms with van der Waals surface area (Å²) in [7, 11) is -2.26. The number of nitrogens with zero attached hydrogens (tertiary/aromatic N) is 1. The summed E-state index contributed by atoms with van der Waals surface area (Å²) in [5, 5.41) is 6.18. The van der Waals surface area contributed by atoms with Crippen LogP contribution in [0.1, 0.15) is 40.7 Å². The van der Waals surface area contributed by atoms with Crippen molar-refractivity contribution in [3.05, 3.63) is 70.8 Å². The molecular formula is C23H28N4O2S. The van der Waals surface area contributed by atoms with Crippen LogP contribution >= 0.6 is 0 Å². The largest absolute Gasteiger partial charge is 0.354 e. The van der Waals surface area contributed by atoms with Crippen molar-refractivity contribution in [2.75, 3.05) is 16.6 Å². The molecule has 1 atom stereocenters. The molecule has 0 saturated carbocycles. The van der Waals surface area contributed by atoms with E-state index >= 15 is 0 Å². The number of benzene rings is 2. The Labute approximate surface area is 179 Å². The Hall–Kier alpha value is -2.64. The summed E-state index contributed by atoms with van der Waals surface area (Å²) >= 11 is 0. The number of hydrogen-bond donors (Lipinski definition) is 4. The molecule has 0 bridgehead atoms. The first-order valence-electron chi connectivity index (χ1n) is 10.5. The minimum absolute atomic E-state index is 0.554. The highest BCUT2D eigenvalue weighted by atomic mass is 32.2. The number of aryl methyl sites for hydroxylation is 2. The number of urea groups is 1.